The van der Waals surface area contributed by atoms with E-state index in [9.17, 15) is 26.4 Å². The summed E-state index contributed by atoms with van der Waals surface area (Å²) in [5.41, 5.74) is 1.00. The van der Waals surface area contributed by atoms with Crippen molar-refractivity contribution < 1.29 is 40.6 Å². The number of anilines is 2. The van der Waals surface area contributed by atoms with Crippen LogP contribution in [0.5, 0.6) is 11.5 Å². The number of methoxy groups -OCH3 is 2. The number of hydrogen-bond acceptors (Lipinski definition) is 7. The topological polar surface area (TPSA) is 85.4 Å². The fourth-order valence-electron chi connectivity index (χ4n) is 5.08. The van der Waals surface area contributed by atoms with Gasteiger partial charge in [0.1, 0.15) is 17.6 Å². The van der Waals surface area contributed by atoms with Crippen molar-refractivity contribution in [2.45, 2.75) is 35.9 Å². The number of benzene rings is 3. The Kier molecular flexibility index (Phi) is 7.78. The lowest BCUT2D eigenvalue weighted by molar-refractivity contribution is -0.141. The second kappa shape index (κ2) is 11.2. The number of alkyl halides is 3. The monoisotopic (exact) mass is 590 g/mol. The maximum absolute atomic E-state index is 13.8. The van der Waals surface area contributed by atoms with Crippen LogP contribution < -0.4 is 18.7 Å². The number of rotatable bonds is 8. The van der Waals surface area contributed by atoms with Crippen LogP contribution in [0.25, 0.3) is 0 Å². The van der Waals surface area contributed by atoms with Crippen molar-refractivity contribution in [2.24, 2.45) is 0 Å². The summed E-state index contributed by atoms with van der Waals surface area (Å²) in [6.07, 6.45) is -5.26. The fraction of sp³-hybridized carbons (Fsp3) is 0.345. The normalized spacial score (nSPS) is 17.3. The van der Waals surface area contributed by atoms with E-state index in [0.29, 0.717) is 19.2 Å². The van der Waals surface area contributed by atoms with Gasteiger partial charge in [0.25, 0.3) is 10.0 Å². The molecule has 0 bridgehead atoms. The number of halogens is 3. The van der Waals surface area contributed by atoms with Gasteiger partial charge in [0.15, 0.2) is 0 Å². The van der Waals surface area contributed by atoms with Crippen LogP contribution in [0.4, 0.5) is 24.5 Å². The highest BCUT2D eigenvalue weighted by molar-refractivity contribution is 7.92. The van der Waals surface area contributed by atoms with E-state index in [4.69, 9.17) is 14.2 Å². The maximum Gasteiger partial charge on any atom is 0.416 e. The lowest BCUT2D eigenvalue weighted by Crippen LogP contribution is -2.46. The number of hydrogen-bond donors (Lipinski definition) is 0. The molecule has 41 heavy (non-hydrogen) atoms. The number of nitrogens with zero attached hydrogens (tertiary/aromatic N) is 2. The highest BCUT2D eigenvalue weighted by atomic mass is 32.2. The Balaban J connectivity index is 1.46. The van der Waals surface area contributed by atoms with E-state index in [1.807, 2.05) is 30.3 Å². The van der Waals surface area contributed by atoms with Crippen LogP contribution in [0.15, 0.2) is 71.6 Å². The molecule has 5 rings (SSSR count). The van der Waals surface area contributed by atoms with Crippen LogP contribution in [-0.4, -0.2) is 54.3 Å². The van der Waals surface area contributed by atoms with E-state index >= 15 is 0 Å². The largest absolute Gasteiger partial charge is 0.495 e. The smallest absolute Gasteiger partial charge is 0.416 e. The Morgan fingerprint density at radius 1 is 0.976 bits per heavy atom. The molecule has 0 amide bonds. The molecule has 1 fully saturated rings. The number of fused-ring (bicyclic) bond motifs is 1. The van der Waals surface area contributed by atoms with Gasteiger partial charge in [-0.25, -0.2) is 8.42 Å². The van der Waals surface area contributed by atoms with Crippen molar-refractivity contribution in [1.29, 1.82) is 0 Å². The zero-order valence-electron chi connectivity index (χ0n) is 22.4. The average molecular weight is 591 g/mol. The minimum Gasteiger partial charge on any atom is -0.495 e. The standard InChI is InChI=1S/C29H29F3N2O6S/c1-38-26-9-4-3-8-24(26)33-16-20(17-33)19-10-12-27-25(14-19)34(18-22(40-27)11-13-28(35)39-2)41(36,37)23-7-5-6-21(15-23)29(30,31)32/h3-10,12,14-15,20,22H,11,13,16-18H2,1-2H3/t22-/m0/s1. The van der Waals surface area contributed by atoms with E-state index in [-0.39, 0.29) is 36.7 Å². The van der Waals surface area contributed by atoms with Gasteiger partial charge in [0.2, 0.25) is 0 Å². The third-order valence-electron chi connectivity index (χ3n) is 7.34. The Labute approximate surface area is 236 Å². The van der Waals surface area contributed by atoms with E-state index in [1.165, 1.54) is 7.11 Å². The SMILES string of the molecule is COC(=O)CC[C@H]1CN(S(=O)(=O)c2cccc(C(F)(F)F)c2)c2cc(C3CN(c4ccccc4OC)C3)ccc2O1. The molecule has 12 heteroatoms. The Hall–Kier alpha value is -3.93. The second-order valence-electron chi connectivity index (χ2n) is 9.92. The highest BCUT2D eigenvalue weighted by Crippen LogP contribution is 2.43. The summed E-state index contributed by atoms with van der Waals surface area (Å²) in [5, 5.41) is 0. The number of esters is 1. The summed E-state index contributed by atoms with van der Waals surface area (Å²) < 4.78 is 85.2. The van der Waals surface area contributed by atoms with Crippen LogP contribution in [-0.2, 0) is 25.7 Å². The Morgan fingerprint density at radius 3 is 2.44 bits per heavy atom. The maximum atomic E-state index is 13.8. The zero-order valence-corrected chi connectivity index (χ0v) is 23.2. The summed E-state index contributed by atoms with van der Waals surface area (Å²) >= 11 is 0. The van der Waals surface area contributed by atoms with E-state index in [1.54, 1.807) is 19.2 Å². The molecule has 218 valence electrons. The molecule has 8 nitrogen and oxygen atoms in total. The molecular weight excluding hydrogens is 561 g/mol. The number of carbonyl (C=O) groups excluding carboxylic acids is 1. The molecule has 0 aromatic heterocycles. The fourth-order valence-corrected chi connectivity index (χ4v) is 6.62. The predicted octanol–water partition coefficient (Wildman–Crippen LogP) is 5.23. The molecule has 3 aromatic carbocycles. The molecule has 0 aliphatic carbocycles. The third kappa shape index (κ3) is 5.79. The lowest BCUT2D eigenvalue weighted by Gasteiger charge is -2.42. The zero-order chi connectivity index (χ0) is 29.4. The minimum absolute atomic E-state index is 0.00706. The summed E-state index contributed by atoms with van der Waals surface area (Å²) in [6, 6.07) is 16.6. The van der Waals surface area contributed by atoms with Crippen LogP contribution in [0.1, 0.15) is 29.9 Å². The molecule has 1 atom stereocenters. The Morgan fingerprint density at radius 2 is 1.73 bits per heavy atom. The van der Waals surface area contributed by atoms with Crippen molar-refractivity contribution in [3.05, 3.63) is 77.9 Å². The molecule has 0 unspecified atom stereocenters. The number of carbonyl (C=O) groups is 1. The van der Waals surface area contributed by atoms with Crippen molar-refractivity contribution in [3.63, 3.8) is 0 Å². The van der Waals surface area contributed by atoms with Gasteiger partial charge >= 0.3 is 12.1 Å². The van der Waals surface area contributed by atoms with Gasteiger partial charge in [0.05, 0.1) is 42.6 Å². The number of sulfonamides is 1. The molecule has 0 saturated carbocycles. The first-order valence-electron chi connectivity index (χ1n) is 13.0. The number of ether oxygens (including phenoxy) is 3. The first-order valence-corrected chi connectivity index (χ1v) is 14.4. The predicted molar refractivity (Wildman–Crippen MR) is 146 cm³/mol. The van der Waals surface area contributed by atoms with Crippen molar-refractivity contribution in [3.8, 4) is 11.5 Å². The molecular formula is C29H29F3N2O6S. The lowest BCUT2D eigenvalue weighted by atomic mass is 9.90. The van der Waals surface area contributed by atoms with Crippen molar-refractivity contribution in [1.82, 2.24) is 0 Å². The molecule has 0 N–H and O–H groups in total. The van der Waals surface area contributed by atoms with Gasteiger partial charge < -0.3 is 19.1 Å². The molecule has 2 aliphatic rings. The van der Waals surface area contributed by atoms with Crippen molar-refractivity contribution >= 4 is 27.4 Å². The van der Waals surface area contributed by atoms with Crippen LogP contribution in [0.3, 0.4) is 0 Å². The van der Waals surface area contributed by atoms with Gasteiger partial charge in [-0.1, -0.05) is 24.3 Å². The first-order chi connectivity index (χ1) is 19.5. The summed E-state index contributed by atoms with van der Waals surface area (Å²) in [5.74, 6) is 0.624. The minimum atomic E-state index is -4.71. The molecule has 2 aliphatic heterocycles. The van der Waals surface area contributed by atoms with Crippen LogP contribution in [0, 0.1) is 0 Å². The van der Waals surface area contributed by atoms with Crippen molar-refractivity contribution in [2.75, 3.05) is 43.1 Å². The Bertz CT molecular complexity index is 1540. The molecule has 1 saturated heterocycles. The highest BCUT2D eigenvalue weighted by Gasteiger charge is 2.38. The summed E-state index contributed by atoms with van der Waals surface area (Å²) in [7, 11) is -1.56. The first kappa shape index (κ1) is 28.6. The average Bonchev–Trinajstić information content (AvgIpc) is 2.94. The molecule has 0 radical (unpaired) electrons. The summed E-state index contributed by atoms with van der Waals surface area (Å²) in [4.78, 5) is 13.4. The quantitative estimate of drug-likeness (QED) is 0.333. The van der Waals surface area contributed by atoms with Gasteiger partial charge in [-0.2, -0.15) is 13.2 Å². The third-order valence-corrected chi connectivity index (χ3v) is 9.12. The molecule has 3 aromatic rings. The number of para-hydroxylation sites is 2. The van der Waals surface area contributed by atoms with Gasteiger partial charge in [-0.05, 0) is 54.4 Å². The molecule has 0 spiro atoms. The van der Waals surface area contributed by atoms with E-state index < -0.39 is 38.7 Å². The van der Waals surface area contributed by atoms with Gasteiger partial charge in [0, 0.05) is 25.4 Å². The van der Waals surface area contributed by atoms with Gasteiger partial charge in [-0.3, -0.25) is 9.10 Å². The van der Waals surface area contributed by atoms with E-state index in [0.717, 1.165) is 39.5 Å². The second-order valence-corrected chi connectivity index (χ2v) is 11.8. The summed E-state index contributed by atoms with van der Waals surface area (Å²) in [6.45, 7) is 1.16. The van der Waals surface area contributed by atoms with E-state index in [2.05, 4.69) is 4.90 Å². The van der Waals surface area contributed by atoms with Gasteiger partial charge in [-0.15, -0.1) is 0 Å². The molecule has 2 heterocycles. The van der Waals surface area contributed by atoms with Crippen LogP contribution in [0.2, 0.25) is 0 Å². The van der Waals surface area contributed by atoms with Crippen LogP contribution >= 0.6 is 0 Å².